The molecule has 1 aliphatic rings. The number of nitrogens with one attached hydrogen (secondary N) is 1. The predicted molar refractivity (Wildman–Crippen MR) is 69.0 cm³/mol. The lowest BCUT2D eigenvalue weighted by atomic mass is 9.77. The summed E-state index contributed by atoms with van der Waals surface area (Å²) >= 11 is 0. The van der Waals surface area contributed by atoms with Gasteiger partial charge in [-0.25, -0.2) is 8.42 Å². The van der Waals surface area contributed by atoms with E-state index in [4.69, 9.17) is 5.73 Å². The third kappa shape index (κ3) is 2.54. The van der Waals surface area contributed by atoms with E-state index in [1.54, 1.807) is 12.1 Å². The van der Waals surface area contributed by atoms with Crippen LogP contribution in [0.5, 0.6) is 0 Å². The average molecular weight is 268 g/mol. The van der Waals surface area contributed by atoms with Crippen LogP contribution in [0, 0.1) is 0 Å². The number of anilines is 1. The van der Waals surface area contributed by atoms with E-state index < -0.39 is 15.4 Å². The molecule has 98 valence electrons. The van der Waals surface area contributed by atoms with Gasteiger partial charge in [0.1, 0.15) is 0 Å². The van der Waals surface area contributed by atoms with E-state index in [1.165, 1.54) is 12.1 Å². The van der Waals surface area contributed by atoms with E-state index >= 15 is 0 Å². The smallest absolute Gasteiger partial charge is 0.244 e. The highest BCUT2D eigenvalue weighted by molar-refractivity contribution is 7.90. The monoisotopic (exact) mass is 268 g/mol. The summed E-state index contributed by atoms with van der Waals surface area (Å²) in [5.41, 5.74) is 5.56. The van der Waals surface area contributed by atoms with Crippen molar-refractivity contribution in [2.24, 2.45) is 5.73 Å². The van der Waals surface area contributed by atoms with Crippen LogP contribution in [-0.4, -0.2) is 26.1 Å². The van der Waals surface area contributed by atoms with Gasteiger partial charge in [0.15, 0.2) is 9.84 Å². The van der Waals surface area contributed by atoms with Crippen molar-refractivity contribution in [3.8, 4) is 0 Å². The Hall–Kier alpha value is -1.40. The zero-order valence-electron chi connectivity index (χ0n) is 10.1. The zero-order valence-corrected chi connectivity index (χ0v) is 11.0. The van der Waals surface area contributed by atoms with Crippen LogP contribution in [0.25, 0.3) is 0 Å². The summed E-state index contributed by atoms with van der Waals surface area (Å²) in [6.07, 6.45) is 3.42. The number of benzene rings is 1. The van der Waals surface area contributed by atoms with Crippen molar-refractivity contribution in [2.75, 3.05) is 11.6 Å². The molecule has 0 bridgehead atoms. The summed E-state index contributed by atoms with van der Waals surface area (Å²) < 4.78 is 22.8. The highest BCUT2D eigenvalue weighted by atomic mass is 32.2. The van der Waals surface area contributed by atoms with Gasteiger partial charge >= 0.3 is 0 Å². The van der Waals surface area contributed by atoms with E-state index in [0.29, 0.717) is 18.5 Å². The van der Waals surface area contributed by atoms with Crippen molar-refractivity contribution in [1.29, 1.82) is 0 Å². The Morgan fingerprint density at radius 3 is 2.56 bits per heavy atom. The topological polar surface area (TPSA) is 89.3 Å². The fourth-order valence-corrected chi connectivity index (χ4v) is 2.51. The lowest BCUT2D eigenvalue weighted by molar-refractivity contribution is -0.123. The van der Waals surface area contributed by atoms with Crippen molar-refractivity contribution >= 4 is 21.4 Å². The van der Waals surface area contributed by atoms with Crippen LogP contribution in [-0.2, 0) is 14.6 Å². The minimum atomic E-state index is -3.27. The number of rotatable bonds is 3. The molecule has 5 nitrogen and oxygen atoms in total. The van der Waals surface area contributed by atoms with Gasteiger partial charge in [0.25, 0.3) is 0 Å². The Morgan fingerprint density at radius 1 is 1.39 bits per heavy atom. The zero-order chi connectivity index (χ0) is 13.4. The normalized spacial score (nSPS) is 17.9. The van der Waals surface area contributed by atoms with Crippen LogP contribution >= 0.6 is 0 Å². The van der Waals surface area contributed by atoms with E-state index in [-0.39, 0.29) is 10.8 Å². The van der Waals surface area contributed by atoms with Gasteiger partial charge in [-0.15, -0.1) is 0 Å². The van der Waals surface area contributed by atoms with Gasteiger partial charge in [-0.1, -0.05) is 6.07 Å². The molecule has 0 saturated heterocycles. The van der Waals surface area contributed by atoms with Gasteiger partial charge < -0.3 is 11.1 Å². The number of nitrogens with two attached hydrogens (primary N) is 1. The van der Waals surface area contributed by atoms with Crippen LogP contribution in [0.3, 0.4) is 0 Å². The molecule has 0 aromatic heterocycles. The summed E-state index contributed by atoms with van der Waals surface area (Å²) in [5.74, 6) is -0.251. The molecule has 18 heavy (non-hydrogen) atoms. The third-order valence-electron chi connectivity index (χ3n) is 3.22. The first-order valence-electron chi connectivity index (χ1n) is 5.72. The van der Waals surface area contributed by atoms with E-state index in [1.807, 2.05) is 0 Å². The van der Waals surface area contributed by atoms with E-state index in [9.17, 15) is 13.2 Å². The summed E-state index contributed by atoms with van der Waals surface area (Å²) in [6, 6.07) is 6.17. The number of sulfone groups is 1. The lowest BCUT2D eigenvalue weighted by Crippen LogP contribution is -2.56. The third-order valence-corrected chi connectivity index (χ3v) is 4.33. The number of hydrogen-bond acceptors (Lipinski definition) is 4. The minimum absolute atomic E-state index is 0.181. The second kappa shape index (κ2) is 4.37. The molecule has 0 heterocycles. The molecule has 1 saturated carbocycles. The first-order chi connectivity index (χ1) is 8.31. The van der Waals surface area contributed by atoms with Gasteiger partial charge in [-0.2, -0.15) is 0 Å². The molecule has 3 N–H and O–H groups in total. The minimum Gasteiger partial charge on any atom is -0.324 e. The molecule has 2 rings (SSSR count). The molecule has 1 aliphatic carbocycles. The summed E-state index contributed by atoms with van der Waals surface area (Å²) in [7, 11) is -3.27. The van der Waals surface area contributed by atoms with E-state index in [2.05, 4.69) is 5.32 Å². The second-order valence-electron chi connectivity index (χ2n) is 4.76. The highest BCUT2D eigenvalue weighted by Crippen LogP contribution is 2.30. The summed E-state index contributed by atoms with van der Waals surface area (Å²) in [4.78, 5) is 12.1. The Bertz CT molecular complexity index is 577. The van der Waals surface area contributed by atoms with Crippen molar-refractivity contribution in [1.82, 2.24) is 0 Å². The molecule has 1 fully saturated rings. The van der Waals surface area contributed by atoms with Crippen LogP contribution in [0.2, 0.25) is 0 Å². The summed E-state index contributed by atoms with van der Waals surface area (Å²) in [6.45, 7) is 0. The molecule has 1 aromatic rings. The molecule has 0 atom stereocenters. The molecule has 0 aliphatic heterocycles. The van der Waals surface area contributed by atoms with Crippen LogP contribution in [0.4, 0.5) is 5.69 Å². The van der Waals surface area contributed by atoms with Crippen LogP contribution in [0.15, 0.2) is 29.2 Å². The maximum absolute atomic E-state index is 11.9. The maximum Gasteiger partial charge on any atom is 0.244 e. The number of amides is 1. The standard InChI is InChI=1S/C12H16N2O3S/c1-18(16,17)10-5-2-4-9(8-10)14-11(15)12(13)6-3-7-12/h2,4-5,8H,3,6-7,13H2,1H3,(H,14,15). The number of hydrogen-bond donors (Lipinski definition) is 2. The average Bonchev–Trinajstić information content (AvgIpc) is 2.25. The lowest BCUT2D eigenvalue weighted by Gasteiger charge is -2.36. The van der Waals surface area contributed by atoms with E-state index in [0.717, 1.165) is 12.7 Å². The van der Waals surface area contributed by atoms with Crippen molar-refractivity contribution in [3.05, 3.63) is 24.3 Å². The molecular formula is C12H16N2O3S. The number of carbonyl (C=O) groups excluding carboxylic acids is 1. The molecule has 1 aromatic carbocycles. The SMILES string of the molecule is CS(=O)(=O)c1cccc(NC(=O)C2(N)CCC2)c1. The van der Waals surface area contributed by atoms with Gasteiger partial charge in [0.05, 0.1) is 10.4 Å². The Labute approximate surface area is 106 Å². The fourth-order valence-electron chi connectivity index (χ4n) is 1.84. The number of carbonyl (C=O) groups is 1. The molecule has 6 heteroatoms. The van der Waals surface area contributed by atoms with Crippen molar-refractivity contribution in [3.63, 3.8) is 0 Å². The second-order valence-corrected chi connectivity index (χ2v) is 6.78. The maximum atomic E-state index is 11.9. The van der Waals surface area contributed by atoms with Crippen molar-refractivity contribution < 1.29 is 13.2 Å². The highest BCUT2D eigenvalue weighted by Gasteiger charge is 2.40. The van der Waals surface area contributed by atoms with Crippen LogP contribution < -0.4 is 11.1 Å². The van der Waals surface area contributed by atoms with Gasteiger partial charge in [0.2, 0.25) is 5.91 Å². The van der Waals surface area contributed by atoms with Crippen molar-refractivity contribution in [2.45, 2.75) is 29.7 Å². The van der Waals surface area contributed by atoms with Gasteiger partial charge in [-0.3, -0.25) is 4.79 Å². The quantitative estimate of drug-likeness (QED) is 0.852. The Kier molecular flexibility index (Phi) is 3.16. The Balaban J connectivity index is 2.18. The Morgan fingerprint density at radius 2 is 2.06 bits per heavy atom. The first-order valence-corrected chi connectivity index (χ1v) is 7.61. The molecule has 1 amide bonds. The fraction of sp³-hybridized carbons (Fsp3) is 0.417. The summed E-state index contributed by atoms with van der Waals surface area (Å²) in [5, 5.41) is 2.67. The predicted octanol–water partition coefficient (Wildman–Crippen LogP) is 0.910. The molecule has 0 spiro atoms. The molecular weight excluding hydrogens is 252 g/mol. The largest absolute Gasteiger partial charge is 0.324 e. The first kappa shape index (κ1) is 13.0. The molecule has 0 radical (unpaired) electrons. The van der Waals surface area contributed by atoms with Crippen LogP contribution in [0.1, 0.15) is 19.3 Å². The van der Waals surface area contributed by atoms with Gasteiger partial charge in [0, 0.05) is 11.9 Å². The molecule has 0 unspecified atom stereocenters. The van der Waals surface area contributed by atoms with Gasteiger partial charge in [-0.05, 0) is 37.5 Å².